The quantitative estimate of drug-likeness (QED) is 0.340. The summed E-state index contributed by atoms with van der Waals surface area (Å²) in [5, 5.41) is 9.31. The zero-order chi connectivity index (χ0) is 23.9. The van der Waals surface area contributed by atoms with E-state index in [1.165, 1.54) is 27.9 Å². The Balaban J connectivity index is 1.53. The predicted molar refractivity (Wildman–Crippen MR) is 133 cm³/mol. The average Bonchev–Trinajstić information content (AvgIpc) is 3.41. The Morgan fingerprint density at radius 2 is 2.00 bits per heavy atom. The summed E-state index contributed by atoms with van der Waals surface area (Å²) < 4.78 is 7.88. The second-order valence-electron chi connectivity index (χ2n) is 10.1. The maximum atomic E-state index is 5.78. The first-order chi connectivity index (χ1) is 16.3. The maximum absolute atomic E-state index is 5.78. The summed E-state index contributed by atoms with van der Waals surface area (Å²) in [6, 6.07) is 8.30. The molecule has 34 heavy (non-hydrogen) atoms. The molecule has 174 valence electrons. The Morgan fingerprint density at radius 3 is 2.71 bits per heavy atom. The minimum atomic E-state index is 0.235. The molecule has 3 aromatic heterocycles. The molecule has 0 saturated heterocycles. The normalized spacial score (nSPS) is 14.7. The van der Waals surface area contributed by atoms with E-state index in [1.54, 1.807) is 6.20 Å². The van der Waals surface area contributed by atoms with Gasteiger partial charge in [0.25, 0.3) is 5.89 Å². The number of aryl methyl sites for hydroxylation is 2. The lowest BCUT2D eigenvalue weighted by Crippen LogP contribution is -2.24. The molecule has 0 saturated carbocycles. The maximum Gasteiger partial charge on any atom is 0.279 e. The fraction of sp³-hybridized carbons (Fsp3) is 0.357. The molecule has 5 rings (SSSR count). The number of nitrogens with zero attached hydrogens (tertiary/aromatic N) is 5. The van der Waals surface area contributed by atoms with Gasteiger partial charge in [0.05, 0.1) is 6.54 Å². The second kappa shape index (κ2) is 8.67. The van der Waals surface area contributed by atoms with Crippen LogP contribution in [0.25, 0.3) is 23.0 Å². The van der Waals surface area contributed by atoms with Gasteiger partial charge in [0, 0.05) is 29.2 Å². The van der Waals surface area contributed by atoms with Crippen LogP contribution in [0.5, 0.6) is 0 Å². The van der Waals surface area contributed by atoms with E-state index < -0.39 is 0 Å². The van der Waals surface area contributed by atoms with Crippen molar-refractivity contribution in [3.63, 3.8) is 0 Å². The highest BCUT2D eigenvalue weighted by molar-refractivity contribution is 5.63. The van der Waals surface area contributed by atoms with Gasteiger partial charge >= 0.3 is 0 Å². The first-order valence-electron chi connectivity index (χ1n) is 11.9. The van der Waals surface area contributed by atoms with E-state index in [9.17, 15) is 0 Å². The smallest absolute Gasteiger partial charge is 0.279 e. The van der Waals surface area contributed by atoms with E-state index in [1.807, 2.05) is 18.3 Å². The zero-order valence-corrected chi connectivity index (χ0v) is 20.4. The highest BCUT2D eigenvalue weighted by Gasteiger charge is 2.33. The van der Waals surface area contributed by atoms with Gasteiger partial charge < -0.3 is 4.52 Å². The molecule has 1 aliphatic rings. The molecule has 3 heterocycles. The molecule has 1 aliphatic carbocycles. The third-order valence-electron chi connectivity index (χ3n) is 6.85. The summed E-state index contributed by atoms with van der Waals surface area (Å²) in [6.45, 7) is 13.4. The van der Waals surface area contributed by atoms with Crippen LogP contribution < -0.4 is 0 Å². The van der Waals surface area contributed by atoms with Crippen molar-refractivity contribution in [3.05, 3.63) is 82.8 Å². The number of benzene rings is 1. The van der Waals surface area contributed by atoms with Crippen LogP contribution in [-0.4, -0.2) is 24.9 Å². The van der Waals surface area contributed by atoms with Gasteiger partial charge in [0.1, 0.15) is 0 Å². The predicted octanol–water partition coefficient (Wildman–Crippen LogP) is 5.90. The van der Waals surface area contributed by atoms with Crippen LogP contribution in [0.3, 0.4) is 0 Å². The number of hydrogen-bond donors (Lipinski definition) is 0. The summed E-state index contributed by atoms with van der Waals surface area (Å²) in [5.74, 6) is 1.08. The van der Waals surface area contributed by atoms with E-state index >= 15 is 0 Å². The van der Waals surface area contributed by atoms with Crippen molar-refractivity contribution in [2.24, 2.45) is 5.41 Å². The molecule has 0 spiro atoms. The minimum absolute atomic E-state index is 0.235. The van der Waals surface area contributed by atoms with Gasteiger partial charge in [0.15, 0.2) is 5.69 Å². The van der Waals surface area contributed by atoms with Crippen molar-refractivity contribution in [3.8, 4) is 23.0 Å². The Morgan fingerprint density at radius 1 is 1.21 bits per heavy atom. The molecule has 0 bridgehead atoms. The molecule has 6 heteroatoms. The molecule has 0 amide bonds. The van der Waals surface area contributed by atoms with Crippen LogP contribution in [0.1, 0.15) is 53.8 Å². The number of aromatic nitrogens is 5. The molecule has 6 nitrogen and oxygen atoms in total. The van der Waals surface area contributed by atoms with Crippen molar-refractivity contribution in [1.82, 2.24) is 24.9 Å². The summed E-state index contributed by atoms with van der Waals surface area (Å²) in [6.07, 6.45) is 9.52. The van der Waals surface area contributed by atoms with Crippen molar-refractivity contribution < 1.29 is 4.52 Å². The number of hydrogen-bond acceptors (Lipinski definition) is 5. The third-order valence-corrected chi connectivity index (χ3v) is 6.85. The molecule has 0 radical (unpaired) electrons. The fourth-order valence-electron chi connectivity index (χ4n) is 4.99. The monoisotopic (exact) mass is 453 g/mol. The van der Waals surface area contributed by atoms with Gasteiger partial charge in [-0.1, -0.05) is 31.1 Å². The molecule has 0 aliphatic heterocycles. The van der Waals surface area contributed by atoms with Gasteiger partial charge in [-0.3, -0.25) is 9.67 Å². The Labute approximate surface area is 200 Å². The second-order valence-corrected chi connectivity index (χ2v) is 10.1. The third kappa shape index (κ3) is 4.20. The molecule has 1 aromatic carbocycles. The van der Waals surface area contributed by atoms with Crippen molar-refractivity contribution >= 4 is 0 Å². The summed E-state index contributed by atoms with van der Waals surface area (Å²) in [4.78, 5) is 9.06. The van der Waals surface area contributed by atoms with Crippen LogP contribution >= 0.6 is 0 Å². The molecule has 0 fully saturated rings. The molecule has 0 atom stereocenters. The highest BCUT2D eigenvalue weighted by atomic mass is 16.5. The van der Waals surface area contributed by atoms with E-state index in [2.05, 4.69) is 67.3 Å². The standard InChI is InChI=1S/C28H31N5O/c1-6-8-22-18(2)13-21(14-19(22)3)26-30-27(34-32-26)25-23-10-11-28(4,5)15-24(23)33(31-25)17-20-9-7-12-29-16-20/h6-7,9,12-14,16H,1,8,10-11,15,17H2,2-5H3. The number of rotatable bonds is 6. The molecular weight excluding hydrogens is 422 g/mol. The first-order valence-corrected chi connectivity index (χ1v) is 11.9. The lowest BCUT2D eigenvalue weighted by atomic mass is 9.76. The number of allylic oxidation sites excluding steroid dienone is 1. The van der Waals surface area contributed by atoms with Crippen LogP contribution in [0.2, 0.25) is 0 Å². The highest BCUT2D eigenvalue weighted by Crippen LogP contribution is 2.39. The van der Waals surface area contributed by atoms with Gasteiger partial charge in [-0.2, -0.15) is 10.1 Å². The van der Waals surface area contributed by atoms with Gasteiger partial charge in [-0.25, -0.2) is 0 Å². The van der Waals surface area contributed by atoms with E-state index in [4.69, 9.17) is 14.6 Å². The van der Waals surface area contributed by atoms with Crippen LogP contribution in [0.15, 0.2) is 53.8 Å². The molecule has 0 unspecified atom stereocenters. The van der Waals surface area contributed by atoms with Crippen LogP contribution in [0.4, 0.5) is 0 Å². The van der Waals surface area contributed by atoms with Crippen molar-refractivity contribution in [1.29, 1.82) is 0 Å². The lowest BCUT2D eigenvalue weighted by molar-refractivity contribution is 0.305. The van der Waals surface area contributed by atoms with Crippen molar-refractivity contribution in [2.45, 2.75) is 59.9 Å². The SMILES string of the molecule is C=CCc1c(C)cc(-c2noc(-c3nn(Cc4cccnc4)c4c3CCC(C)(C)C4)n2)cc1C. The average molecular weight is 454 g/mol. The lowest BCUT2D eigenvalue weighted by Gasteiger charge is -2.30. The van der Waals surface area contributed by atoms with Gasteiger partial charge in [-0.15, -0.1) is 6.58 Å². The van der Waals surface area contributed by atoms with E-state index in [-0.39, 0.29) is 5.41 Å². The summed E-state index contributed by atoms with van der Waals surface area (Å²) in [7, 11) is 0. The van der Waals surface area contributed by atoms with Crippen LogP contribution in [-0.2, 0) is 25.8 Å². The Hall–Kier alpha value is -3.54. The Bertz CT molecular complexity index is 1320. The van der Waals surface area contributed by atoms with Crippen LogP contribution in [0, 0.1) is 19.3 Å². The Kier molecular flexibility index (Phi) is 5.68. The zero-order valence-electron chi connectivity index (χ0n) is 20.4. The number of pyridine rings is 1. The summed E-state index contributed by atoms with van der Waals surface area (Å²) in [5.41, 5.74) is 9.34. The topological polar surface area (TPSA) is 69.6 Å². The molecule has 4 aromatic rings. The van der Waals surface area contributed by atoms with Gasteiger partial charge in [-0.05, 0) is 85.4 Å². The molecular formula is C28H31N5O. The fourth-order valence-corrected chi connectivity index (χ4v) is 4.99. The first kappa shape index (κ1) is 22.3. The summed E-state index contributed by atoms with van der Waals surface area (Å²) >= 11 is 0. The minimum Gasteiger partial charge on any atom is -0.332 e. The van der Waals surface area contributed by atoms with Crippen molar-refractivity contribution in [2.75, 3.05) is 0 Å². The van der Waals surface area contributed by atoms with E-state index in [0.29, 0.717) is 18.3 Å². The molecule has 0 N–H and O–H groups in total. The van der Waals surface area contributed by atoms with Gasteiger partial charge in [0.2, 0.25) is 5.82 Å². The largest absolute Gasteiger partial charge is 0.332 e. The van der Waals surface area contributed by atoms with E-state index in [0.717, 1.165) is 42.5 Å². The number of fused-ring (bicyclic) bond motifs is 1.